The smallest absolute Gasteiger partial charge is 0.316 e. The molecule has 0 amide bonds. The average Bonchev–Trinajstić information content (AvgIpc) is 3.37. The summed E-state index contributed by atoms with van der Waals surface area (Å²) < 4.78 is 31.4. The highest BCUT2D eigenvalue weighted by molar-refractivity contribution is 5.78. The molecule has 0 radical (unpaired) electrons. The predicted octanol–water partition coefficient (Wildman–Crippen LogP) is 4.46. The molecule has 2 unspecified atom stereocenters. The fourth-order valence-corrected chi connectivity index (χ4v) is 7.86. The summed E-state index contributed by atoms with van der Waals surface area (Å²) in [6, 6.07) is 0. The van der Waals surface area contributed by atoms with Gasteiger partial charge in [0.05, 0.1) is 24.7 Å². The van der Waals surface area contributed by atoms with Gasteiger partial charge in [0.15, 0.2) is 0 Å². The zero-order chi connectivity index (χ0) is 34.3. The Bertz CT molecular complexity index is 1300. The van der Waals surface area contributed by atoms with Gasteiger partial charge in [-0.05, 0) is 56.6 Å². The lowest BCUT2D eigenvalue weighted by Crippen LogP contribution is -2.67. The molecule has 5 rings (SSSR count). The molecule has 2 bridgehead atoms. The fourth-order valence-electron chi connectivity index (χ4n) is 7.86. The van der Waals surface area contributed by atoms with Gasteiger partial charge in [0.2, 0.25) is 5.79 Å². The molecule has 10 nitrogen and oxygen atoms in total. The van der Waals surface area contributed by atoms with E-state index >= 15 is 0 Å². The van der Waals surface area contributed by atoms with Crippen LogP contribution in [0.15, 0.2) is 47.1 Å². The second-order valence-electron chi connectivity index (χ2n) is 14.6. The number of ether oxygens (including phenoxy) is 5. The van der Waals surface area contributed by atoms with E-state index in [0.29, 0.717) is 36.8 Å². The first-order valence-electron chi connectivity index (χ1n) is 17.4. The molecule has 1 spiro atoms. The molecule has 5 aliphatic rings. The highest BCUT2D eigenvalue weighted by atomic mass is 16.7. The van der Waals surface area contributed by atoms with Crippen LogP contribution in [0.5, 0.6) is 0 Å². The summed E-state index contributed by atoms with van der Waals surface area (Å²) in [7, 11) is 0. The molecule has 47 heavy (non-hydrogen) atoms. The number of carbonyl (C=O) groups excluding carboxylic acids is 2. The molecule has 0 aromatic rings. The molecule has 0 saturated carbocycles. The normalized spacial score (nSPS) is 46.2. The second-order valence-corrected chi connectivity index (χ2v) is 14.6. The zero-order valence-corrected chi connectivity index (χ0v) is 28.9. The molecular weight excluding hydrogens is 604 g/mol. The highest BCUT2D eigenvalue weighted by Crippen LogP contribution is 2.48. The number of esters is 2. The van der Waals surface area contributed by atoms with Gasteiger partial charge in [-0.3, -0.25) is 9.59 Å². The zero-order valence-electron chi connectivity index (χ0n) is 28.9. The molecule has 0 aromatic carbocycles. The summed E-state index contributed by atoms with van der Waals surface area (Å²) in [5.74, 6) is -4.23. The maximum atomic E-state index is 14.1. The minimum absolute atomic E-state index is 0.0125. The van der Waals surface area contributed by atoms with Crippen molar-refractivity contribution < 1.29 is 48.6 Å². The predicted molar refractivity (Wildman–Crippen MR) is 174 cm³/mol. The first-order valence-corrected chi connectivity index (χ1v) is 17.4. The lowest BCUT2D eigenvalue weighted by molar-refractivity contribution is -0.385. The Labute approximate surface area is 278 Å². The quantitative estimate of drug-likeness (QED) is 0.293. The number of allylic oxidation sites excluding steroid dienone is 4. The lowest BCUT2D eigenvalue weighted by Gasteiger charge is -2.54. The molecule has 3 saturated heterocycles. The van der Waals surface area contributed by atoms with Crippen molar-refractivity contribution in [2.75, 3.05) is 6.61 Å². The van der Waals surface area contributed by atoms with Gasteiger partial charge in [-0.1, -0.05) is 70.6 Å². The van der Waals surface area contributed by atoms with Crippen LogP contribution in [0.2, 0.25) is 0 Å². The van der Waals surface area contributed by atoms with E-state index in [0.717, 1.165) is 12.0 Å². The Hall–Kier alpha value is -2.34. The van der Waals surface area contributed by atoms with Crippen molar-refractivity contribution in [3.05, 3.63) is 47.1 Å². The Morgan fingerprint density at radius 1 is 1.15 bits per heavy atom. The first-order chi connectivity index (χ1) is 22.2. The minimum atomic E-state index is -1.81. The number of hydrogen-bond acceptors (Lipinski definition) is 10. The first kappa shape index (κ1) is 36.0. The molecular formula is C37H54O10. The standard InChI is InChI=1S/C37H54O10/c1-8-22(5)34(40)45-31-24(7)29(9-2)47-36(32(31)39)18-27-17-26(46-36)14-13-21(4)15-20(3)11-10-12-25-19-43-33-30(38)23(6)16-28(35(41)44-27)37(25,33)42/h10-13,16,20,22,24,26-33,38-39,42H,8-9,14-15,17-19H2,1-7H3/b11-10+,21-13+,25-12+/t20-,22?,24+,26?,27-,28-,29+,30+,31-,32+,33+,36-,37+/m0/s1. The van der Waals surface area contributed by atoms with Crippen molar-refractivity contribution in [3.8, 4) is 0 Å². The molecule has 13 atom stereocenters. The third-order valence-electron chi connectivity index (χ3n) is 11.0. The third kappa shape index (κ3) is 6.92. The summed E-state index contributed by atoms with van der Waals surface area (Å²) in [4.78, 5) is 27.1. The Morgan fingerprint density at radius 3 is 2.60 bits per heavy atom. The van der Waals surface area contributed by atoms with E-state index < -0.39 is 59.9 Å². The van der Waals surface area contributed by atoms with E-state index in [9.17, 15) is 24.9 Å². The van der Waals surface area contributed by atoms with E-state index in [-0.39, 0.29) is 42.9 Å². The number of aliphatic hydroxyl groups is 3. The van der Waals surface area contributed by atoms with Crippen LogP contribution in [0.3, 0.4) is 0 Å². The number of aliphatic hydroxyl groups excluding tert-OH is 2. The number of carbonyl (C=O) groups is 2. The van der Waals surface area contributed by atoms with Gasteiger partial charge in [-0.25, -0.2) is 0 Å². The molecule has 3 fully saturated rings. The van der Waals surface area contributed by atoms with Crippen molar-refractivity contribution in [2.45, 2.75) is 141 Å². The second kappa shape index (κ2) is 14.3. The van der Waals surface area contributed by atoms with E-state index in [1.54, 1.807) is 26.0 Å². The molecule has 3 N–H and O–H groups in total. The lowest BCUT2D eigenvalue weighted by atomic mass is 9.71. The summed E-state index contributed by atoms with van der Waals surface area (Å²) >= 11 is 0. The van der Waals surface area contributed by atoms with Crippen LogP contribution in [0.25, 0.3) is 0 Å². The number of hydrogen-bond donors (Lipinski definition) is 3. The Balaban J connectivity index is 1.54. The third-order valence-corrected chi connectivity index (χ3v) is 11.0. The Kier molecular flexibility index (Phi) is 10.9. The minimum Gasteiger partial charge on any atom is -0.462 e. The van der Waals surface area contributed by atoms with Gasteiger partial charge in [-0.2, -0.15) is 0 Å². The van der Waals surface area contributed by atoms with E-state index in [1.807, 2.05) is 32.9 Å². The van der Waals surface area contributed by atoms with E-state index in [4.69, 9.17) is 23.7 Å². The number of rotatable bonds is 4. The Morgan fingerprint density at radius 2 is 1.89 bits per heavy atom. The van der Waals surface area contributed by atoms with Gasteiger partial charge in [0.1, 0.15) is 42.0 Å². The van der Waals surface area contributed by atoms with Crippen LogP contribution in [0, 0.1) is 23.7 Å². The molecule has 1 aliphatic carbocycles. The van der Waals surface area contributed by atoms with Crippen LogP contribution in [-0.2, 0) is 33.3 Å². The monoisotopic (exact) mass is 658 g/mol. The maximum Gasteiger partial charge on any atom is 0.316 e. The highest BCUT2D eigenvalue weighted by Gasteiger charge is 2.61. The van der Waals surface area contributed by atoms with Crippen LogP contribution in [0.1, 0.15) is 87.0 Å². The number of fused-ring (bicyclic) bond motifs is 2. The topological polar surface area (TPSA) is 141 Å². The van der Waals surface area contributed by atoms with Crippen LogP contribution in [-0.4, -0.2) is 88.0 Å². The van der Waals surface area contributed by atoms with Gasteiger partial charge >= 0.3 is 11.9 Å². The molecule has 4 heterocycles. The SMILES string of the molecule is CCC(C)C(=O)O[C@H]1[C@H](C)[C@@H](CC)O[C@@]2(C[C@@H]3CC(C/C=C(\C)C[C@@H](C)/C=C/C=C4\CO[C@@H]5[C@H](O)C(C)=C[C@@H](C(=O)O3)[C@]45O)O2)[C@@H]1O. The summed E-state index contributed by atoms with van der Waals surface area (Å²) in [6.45, 7) is 13.5. The molecule has 4 aliphatic heterocycles. The largest absolute Gasteiger partial charge is 0.462 e. The van der Waals surface area contributed by atoms with Crippen molar-refractivity contribution in [1.82, 2.24) is 0 Å². The van der Waals surface area contributed by atoms with Crippen molar-refractivity contribution in [1.29, 1.82) is 0 Å². The summed E-state index contributed by atoms with van der Waals surface area (Å²) in [6.07, 6.45) is 6.29. The van der Waals surface area contributed by atoms with Crippen LogP contribution >= 0.6 is 0 Å². The van der Waals surface area contributed by atoms with Crippen molar-refractivity contribution in [3.63, 3.8) is 0 Å². The van der Waals surface area contributed by atoms with E-state index in [2.05, 4.69) is 19.9 Å². The van der Waals surface area contributed by atoms with Crippen molar-refractivity contribution >= 4 is 11.9 Å². The van der Waals surface area contributed by atoms with E-state index in [1.165, 1.54) is 0 Å². The summed E-state index contributed by atoms with van der Waals surface area (Å²) in [5, 5.41) is 35.1. The average molecular weight is 659 g/mol. The fraction of sp³-hybridized carbons (Fsp3) is 0.730. The van der Waals surface area contributed by atoms with Gasteiger partial charge < -0.3 is 39.0 Å². The summed E-state index contributed by atoms with van der Waals surface area (Å²) in [5.41, 5.74) is 0.355. The molecule has 10 heteroatoms. The van der Waals surface area contributed by atoms with Gasteiger partial charge in [0, 0.05) is 18.8 Å². The maximum absolute atomic E-state index is 14.1. The van der Waals surface area contributed by atoms with Crippen LogP contribution < -0.4 is 0 Å². The van der Waals surface area contributed by atoms with Gasteiger partial charge in [-0.15, -0.1) is 0 Å². The van der Waals surface area contributed by atoms with Crippen LogP contribution in [0.4, 0.5) is 0 Å². The molecule has 0 aromatic heterocycles. The van der Waals surface area contributed by atoms with Crippen molar-refractivity contribution in [2.24, 2.45) is 23.7 Å². The van der Waals surface area contributed by atoms with Gasteiger partial charge in [0.25, 0.3) is 0 Å². The molecule has 262 valence electrons.